The van der Waals surface area contributed by atoms with E-state index in [1.807, 2.05) is 50.2 Å². The summed E-state index contributed by atoms with van der Waals surface area (Å²) in [7, 11) is 0. The molecule has 5 fully saturated rings. The third-order valence-electron chi connectivity index (χ3n) is 6.33. The molecule has 0 saturated carbocycles. The lowest BCUT2D eigenvalue weighted by Crippen LogP contribution is -2.85. The number of piperidine rings is 1. The predicted molar refractivity (Wildman–Crippen MR) is 103 cm³/mol. The number of ether oxygens (including phenoxy) is 5. The van der Waals surface area contributed by atoms with Crippen LogP contribution in [-0.2, 0) is 36.8 Å². The van der Waals surface area contributed by atoms with E-state index in [1.165, 1.54) is 5.56 Å². The molecule has 5 heterocycles. The van der Waals surface area contributed by atoms with Gasteiger partial charge in [0.25, 0.3) is 5.91 Å². The molecule has 0 aliphatic carbocycles. The number of hydrogen-bond donors (Lipinski definition) is 0. The van der Waals surface area contributed by atoms with Gasteiger partial charge in [-0.3, -0.25) is 0 Å². The standard InChI is InChI=1S/C23H25NO5/c1-21(2)27-18-19(25-14-17-11-7-4-8-12-17)22-15-26-23(29-22,20(18)28-21)24(22)13-16-9-5-3-6-10-16/h3-12,18-20H,13-15H2,1-2H3/t18-,19-,20-,22+,23?/m1/s1. The average Bonchev–Trinajstić information content (AvgIpc) is 3.35. The molecule has 2 aromatic carbocycles. The fourth-order valence-electron chi connectivity index (χ4n) is 5.14. The molecule has 0 aromatic heterocycles. The van der Waals surface area contributed by atoms with Crippen molar-refractivity contribution in [1.82, 2.24) is 4.90 Å². The topological polar surface area (TPSA) is 49.4 Å². The van der Waals surface area contributed by atoms with Crippen molar-refractivity contribution >= 4 is 0 Å². The van der Waals surface area contributed by atoms with E-state index < -0.39 is 17.4 Å². The van der Waals surface area contributed by atoms with Crippen LogP contribution >= 0.6 is 0 Å². The normalized spacial score (nSPS) is 39.2. The summed E-state index contributed by atoms with van der Waals surface area (Å²) in [6.07, 6.45) is -0.925. The molecular formula is C23H25NO5. The van der Waals surface area contributed by atoms with Crippen molar-refractivity contribution < 1.29 is 23.7 Å². The van der Waals surface area contributed by atoms with E-state index in [0.717, 1.165) is 5.56 Å². The Hall–Kier alpha value is -1.80. The Labute approximate surface area is 170 Å². The summed E-state index contributed by atoms with van der Waals surface area (Å²) in [4.78, 5) is 2.26. The van der Waals surface area contributed by atoms with Crippen LogP contribution in [0, 0.1) is 0 Å². The monoisotopic (exact) mass is 395 g/mol. The summed E-state index contributed by atoms with van der Waals surface area (Å²) in [6.45, 7) is 5.50. The first kappa shape index (κ1) is 18.0. The van der Waals surface area contributed by atoms with Gasteiger partial charge in [0.15, 0.2) is 17.6 Å². The van der Waals surface area contributed by atoms with Crippen LogP contribution in [0.4, 0.5) is 0 Å². The fourth-order valence-corrected chi connectivity index (χ4v) is 5.14. The second-order valence-electron chi connectivity index (χ2n) is 8.68. The molecule has 5 aliphatic rings. The Morgan fingerprint density at radius 2 is 1.66 bits per heavy atom. The second kappa shape index (κ2) is 6.11. The number of rotatable bonds is 5. The van der Waals surface area contributed by atoms with E-state index in [2.05, 4.69) is 29.2 Å². The largest absolute Gasteiger partial charge is 0.366 e. The van der Waals surface area contributed by atoms with Crippen molar-refractivity contribution in [2.45, 2.75) is 62.7 Å². The van der Waals surface area contributed by atoms with Crippen LogP contribution in [0.2, 0.25) is 0 Å². The highest BCUT2D eigenvalue weighted by Crippen LogP contribution is 2.63. The van der Waals surface area contributed by atoms with Gasteiger partial charge in [0.1, 0.15) is 12.2 Å². The van der Waals surface area contributed by atoms with Gasteiger partial charge >= 0.3 is 0 Å². The first-order chi connectivity index (χ1) is 14.0. The molecule has 0 spiro atoms. The van der Waals surface area contributed by atoms with Crippen LogP contribution in [0.5, 0.6) is 0 Å². The van der Waals surface area contributed by atoms with Gasteiger partial charge in [-0.15, -0.1) is 0 Å². The zero-order chi connectivity index (χ0) is 19.7. The fraction of sp³-hybridized carbons (Fsp3) is 0.478. The van der Waals surface area contributed by atoms with E-state index in [-0.39, 0.29) is 18.3 Å². The molecule has 0 amide bonds. The zero-order valence-electron chi connectivity index (χ0n) is 16.6. The lowest BCUT2D eigenvalue weighted by molar-refractivity contribution is -0.494. The van der Waals surface area contributed by atoms with Crippen LogP contribution in [0.15, 0.2) is 60.7 Å². The minimum absolute atomic E-state index is 0.239. The SMILES string of the molecule is CC1(C)O[C@H]2[C@@H](O1)C13OC[C@](O1)([C@@H]2OCc1ccccc1)N3Cc1ccccc1. The van der Waals surface area contributed by atoms with E-state index in [4.69, 9.17) is 23.7 Å². The number of hydrogen-bond acceptors (Lipinski definition) is 6. The molecular weight excluding hydrogens is 370 g/mol. The smallest absolute Gasteiger partial charge is 0.265 e. The van der Waals surface area contributed by atoms with E-state index in [1.54, 1.807) is 0 Å². The molecule has 0 N–H and O–H groups in total. The maximum Gasteiger partial charge on any atom is 0.265 e. The highest BCUT2D eigenvalue weighted by Gasteiger charge is 2.85. The van der Waals surface area contributed by atoms with Crippen molar-refractivity contribution in [1.29, 1.82) is 0 Å². The number of nitrogens with zero attached hydrogens (tertiary/aromatic N) is 1. The van der Waals surface area contributed by atoms with Gasteiger partial charge in [-0.2, -0.15) is 0 Å². The van der Waals surface area contributed by atoms with Gasteiger partial charge in [0.2, 0.25) is 0 Å². The van der Waals surface area contributed by atoms with E-state index in [0.29, 0.717) is 19.8 Å². The zero-order valence-corrected chi connectivity index (χ0v) is 16.6. The lowest BCUT2D eigenvalue weighted by atomic mass is 9.84. The molecule has 2 aromatic rings. The Morgan fingerprint density at radius 3 is 2.38 bits per heavy atom. The van der Waals surface area contributed by atoms with Gasteiger partial charge in [-0.1, -0.05) is 60.7 Å². The summed E-state index contributed by atoms with van der Waals surface area (Å²) in [5.41, 5.74) is 1.66. The van der Waals surface area contributed by atoms with Gasteiger partial charge in [0, 0.05) is 6.54 Å². The van der Waals surface area contributed by atoms with Crippen molar-refractivity contribution in [2.24, 2.45) is 0 Å². The van der Waals surface area contributed by atoms with E-state index in [9.17, 15) is 0 Å². The lowest BCUT2D eigenvalue weighted by Gasteiger charge is -2.64. The molecule has 1 unspecified atom stereocenters. The first-order valence-corrected chi connectivity index (χ1v) is 10.2. The number of fused-ring (bicyclic) bond motifs is 2. The van der Waals surface area contributed by atoms with Crippen molar-refractivity contribution in [2.75, 3.05) is 6.61 Å². The van der Waals surface area contributed by atoms with Gasteiger partial charge < -0.3 is 23.7 Å². The maximum absolute atomic E-state index is 6.46. The third-order valence-corrected chi connectivity index (χ3v) is 6.33. The molecule has 152 valence electrons. The molecule has 0 radical (unpaired) electrons. The molecule has 5 saturated heterocycles. The molecule has 6 nitrogen and oxygen atoms in total. The summed E-state index contributed by atoms with van der Waals surface area (Å²) in [5.74, 6) is -1.61. The Balaban J connectivity index is 1.34. The van der Waals surface area contributed by atoms with Crippen LogP contribution < -0.4 is 0 Å². The van der Waals surface area contributed by atoms with Crippen LogP contribution in [0.3, 0.4) is 0 Å². The minimum Gasteiger partial charge on any atom is -0.366 e. The Morgan fingerprint density at radius 1 is 0.966 bits per heavy atom. The second-order valence-corrected chi connectivity index (χ2v) is 8.68. The van der Waals surface area contributed by atoms with Crippen molar-refractivity contribution in [3.8, 4) is 0 Å². The third kappa shape index (κ3) is 2.51. The first-order valence-electron chi connectivity index (χ1n) is 10.2. The van der Waals surface area contributed by atoms with Crippen molar-refractivity contribution in [3.05, 3.63) is 71.8 Å². The highest BCUT2D eigenvalue weighted by atomic mass is 16.9. The Kier molecular flexibility index (Phi) is 3.79. The summed E-state index contributed by atoms with van der Waals surface area (Å²) < 4.78 is 31.7. The molecule has 2 bridgehead atoms. The van der Waals surface area contributed by atoms with Gasteiger partial charge in [-0.05, 0) is 25.0 Å². The maximum atomic E-state index is 6.46. The minimum atomic E-state index is -0.902. The van der Waals surface area contributed by atoms with Crippen LogP contribution in [0.25, 0.3) is 0 Å². The van der Waals surface area contributed by atoms with Crippen LogP contribution in [-0.4, -0.2) is 47.2 Å². The average molecular weight is 395 g/mol. The number of benzene rings is 2. The van der Waals surface area contributed by atoms with Gasteiger partial charge in [0.05, 0.1) is 13.2 Å². The summed E-state index contributed by atoms with van der Waals surface area (Å²) in [6, 6.07) is 20.5. The van der Waals surface area contributed by atoms with Crippen molar-refractivity contribution in [3.63, 3.8) is 0 Å². The Bertz CT molecular complexity index is 906. The molecule has 7 rings (SSSR count). The van der Waals surface area contributed by atoms with E-state index >= 15 is 0 Å². The summed E-state index contributed by atoms with van der Waals surface area (Å²) in [5, 5.41) is 0. The molecule has 5 atom stereocenters. The molecule has 5 aliphatic heterocycles. The molecule has 6 heteroatoms. The summed E-state index contributed by atoms with van der Waals surface area (Å²) >= 11 is 0. The predicted octanol–water partition coefficient (Wildman–Crippen LogP) is 3.02. The quantitative estimate of drug-likeness (QED) is 0.776. The van der Waals surface area contributed by atoms with Crippen LogP contribution in [0.1, 0.15) is 25.0 Å². The van der Waals surface area contributed by atoms with Gasteiger partial charge in [-0.25, -0.2) is 4.90 Å². The highest BCUT2D eigenvalue weighted by molar-refractivity contribution is 5.25. The molecule has 29 heavy (non-hydrogen) atoms.